The van der Waals surface area contributed by atoms with Crippen molar-refractivity contribution in [2.75, 3.05) is 19.0 Å². The van der Waals surface area contributed by atoms with E-state index < -0.39 is 41.4 Å². The van der Waals surface area contributed by atoms with Gasteiger partial charge in [-0.2, -0.15) is 13.2 Å². The fourth-order valence-corrected chi connectivity index (χ4v) is 3.94. The van der Waals surface area contributed by atoms with E-state index in [9.17, 15) is 22.8 Å². The molecule has 1 aliphatic heterocycles. The first kappa shape index (κ1) is 25.5. The predicted molar refractivity (Wildman–Crippen MR) is 114 cm³/mol. The van der Waals surface area contributed by atoms with Gasteiger partial charge in [-0.05, 0) is 18.6 Å². The summed E-state index contributed by atoms with van der Waals surface area (Å²) in [6.45, 7) is 2.02. The van der Waals surface area contributed by atoms with E-state index in [2.05, 4.69) is 12.8 Å². The van der Waals surface area contributed by atoms with Crippen LogP contribution in [-0.4, -0.2) is 45.1 Å². The smallest absolute Gasteiger partial charge is 0.423 e. The SMILES string of the molecule is C#CCO[C@H]1C[C@H](n2cc(C(F)(F)F)c(=O)[nH]c2=O)O[C@@H]1COC(=S)SCCCCC. The van der Waals surface area contributed by atoms with E-state index in [1.807, 2.05) is 0 Å². The third kappa shape index (κ3) is 7.38. The van der Waals surface area contributed by atoms with Crippen molar-refractivity contribution in [3.63, 3.8) is 0 Å². The van der Waals surface area contributed by atoms with Gasteiger partial charge < -0.3 is 14.2 Å². The lowest BCUT2D eigenvalue weighted by atomic mass is 10.2. The van der Waals surface area contributed by atoms with E-state index in [-0.39, 0.29) is 19.6 Å². The van der Waals surface area contributed by atoms with Crippen LogP contribution in [0, 0.1) is 12.3 Å². The van der Waals surface area contributed by atoms with E-state index in [1.54, 1.807) is 4.98 Å². The normalized spacial score (nSPS) is 21.1. The Morgan fingerprint density at radius 1 is 1.45 bits per heavy atom. The van der Waals surface area contributed by atoms with Crippen molar-refractivity contribution in [1.29, 1.82) is 0 Å². The lowest BCUT2D eigenvalue weighted by Crippen LogP contribution is -2.36. The maximum atomic E-state index is 13.1. The second-order valence-corrected chi connectivity index (χ2v) is 8.44. The Kier molecular flexibility index (Phi) is 9.61. The Morgan fingerprint density at radius 3 is 2.84 bits per heavy atom. The molecular weight excluding hydrogens is 457 g/mol. The number of rotatable bonds is 9. The van der Waals surface area contributed by atoms with E-state index in [0.29, 0.717) is 15.1 Å². The number of thiocarbonyl (C=S) groups is 1. The molecule has 1 N–H and O–H groups in total. The molecule has 0 amide bonds. The Morgan fingerprint density at radius 2 is 2.19 bits per heavy atom. The summed E-state index contributed by atoms with van der Waals surface area (Å²) in [5.74, 6) is 3.12. The fourth-order valence-electron chi connectivity index (χ4n) is 2.95. The Labute approximate surface area is 186 Å². The van der Waals surface area contributed by atoms with Crippen LogP contribution in [0.5, 0.6) is 0 Å². The van der Waals surface area contributed by atoms with Crippen LogP contribution in [0.15, 0.2) is 15.8 Å². The van der Waals surface area contributed by atoms with Gasteiger partial charge in [-0.15, -0.1) is 6.42 Å². The maximum Gasteiger partial charge on any atom is 0.423 e. The Bertz CT molecular complexity index is 910. The second-order valence-electron chi connectivity index (χ2n) is 6.74. The van der Waals surface area contributed by atoms with Crippen LogP contribution in [0.1, 0.15) is 44.4 Å². The number of thioether (sulfide) groups is 1. The van der Waals surface area contributed by atoms with Gasteiger partial charge in [0.15, 0.2) is 0 Å². The molecule has 0 aromatic carbocycles. The van der Waals surface area contributed by atoms with E-state index >= 15 is 0 Å². The van der Waals surface area contributed by atoms with E-state index in [1.165, 1.54) is 11.8 Å². The van der Waals surface area contributed by atoms with Crippen molar-refractivity contribution in [3.05, 3.63) is 32.6 Å². The largest absolute Gasteiger partial charge is 0.476 e. The monoisotopic (exact) mass is 480 g/mol. The molecule has 1 aromatic rings. The molecular formula is C19H23F3N2O5S2. The summed E-state index contributed by atoms with van der Waals surface area (Å²) in [7, 11) is 0. The molecule has 31 heavy (non-hydrogen) atoms. The van der Waals surface area contributed by atoms with E-state index in [0.717, 1.165) is 25.0 Å². The van der Waals surface area contributed by atoms with Crippen LogP contribution in [0.25, 0.3) is 0 Å². The van der Waals surface area contributed by atoms with Gasteiger partial charge in [0.05, 0.1) is 6.10 Å². The zero-order valence-electron chi connectivity index (χ0n) is 16.8. The standard InChI is InChI=1S/C19H23F3N2O5S2/c1-3-5-6-8-31-18(30)28-11-14-13(27-7-4-2)9-15(29-14)24-10-12(19(20,21)22)16(25)23-17(24)26/h2,10,13-15H,3,5-9,11H2,1H3,(H,23,25,26)/t13-,14+,15+/m0/s1. The molecule has 0 bridgehead atoms. The van der Waals surface area contributed by atoms with Crippen LogP contribution in [0.2, 0.25) is 0 Å². The van der Waals surface area contributed by atoms with Gasteiger partial charge in [-0.3, -0.25) is 14.3 Å². The number of halogens is 3. The Balaban J connectivity index is 2.11. The third-order valence-corrected chi connectivity index (χ3v) is 5.80. The highest BCUT2D eigenvalue weighted by atomic mass is 32.2. The number of aromatic nitrogens is 2. The van der Waals surface area contributed by atoms with Crippen molar-refractivity contribution >= 4 is 28.4 Å². The fraction of sp³-hybridized carbons (Fsp3) is 0.632. The van der Waals surface area contributed by atoms with Gasteiger partial charge in [-0.1, -0.05) is 37.4 Å². The lowest BCUT2D eigenvalue weighted by Gasteiger charge is -2.19. The number of aromatic amines is 1. The average Bonchev–Trinajstić information content (AvgIpc) is 3.09. The second kappa shape index (κ2) is 11.7. The van der Waals surface area contributed by atoms with Crippen molar-refractivity contribution < 1.29 is 27.4 Å². The van der Waals surface area contributed by atoms with Gasteiger partial charge >= 0.3 is 11.9 Å². The molecule has 7 nitrogen and oxygen atoms in total. The van der Waals surface area contributed by atoms with Crippen molar-refractivity contribution in [2.24, 2.45) is 0 Å². The highest BCUT2D eigenvalue weighted by molar-refractivity contribution is 8.22. The summed E-state index contributed by atoms with van der Waals surface area (Å²) in [6, 6.07) is 0. The third-order valence-electron chi connectivity index (χ3n) is 4.48. The first-order chi connectivity index (χ1) is 14.7. The highest BCUT2D eigenvalue weighted by Gasteiger charge is 2.40. The van der Waals surface area contributed by atoms with Crippen LogP contribution >= 0.6 is 24.0 Å². The first-order valence-electron chi connectivity index (χ1n) is 9.60. The number of H-pyrrole nitrogens is 1. The summed E-state index contributed by atoms with van der Waals surface area (Å²) in [5.41, 5.74) is -4.04. The molecule has 1 aromatic heterocycles. The van der Waals surface area contributed by atoms with Gasteiger partial charge in [0.1, 0.15) is 31.1 Å². The van der Waals surface area contributed by atoms with Crippen molar-refractivity contribution in [1.82, 2.24) is 9.55 Å². The minimum Gasteiger partial charge on any atom is -0.476 e. The Hall–Kier alpha value is -1.81. The molecule has 0 saturated carbocycles. The molecule has 3 atom stereocenters. The summed E-state index contributed by atoms with van der Waals surface area (Å²) in [6.07, 6.45) is 1.47. The van der Waals surface area contributed by atoms with Crippen molar-refractivity contribution in [2.45, 2.75) is 57.2 Å². The van der Waals surface area contributed by atoms with Gasteiger partial charge in [0, 0.05) is 18.4 Å². The molecule has 1 fully saturated rings. The molecule has 1 aliphatic rings. The van der Waals surface area contributed by atoms with E-state index in [4.69, 9.17) is 32.9 Å². The predicted octanol–water partition coefficient (Wildman–Crippen LogP) is 3.09. The first-order valence-corrected chi connectivity index (χ1v) is 11.0. The van der Waals surface area contributed by atoms with Crippen LogP contribution in [-0.2, 0) is 20.4 Å². The number of hydrogen-bond acceptors (Lipinski definition) is 7. The zero-order chi connectivity index (χ0) is 23.0. The topological polar surface area (TPSA) is 82.6 Å². The van der Waals surface area contributed by atoms with Crippen LogP contribution in [0.3, 0.4) is 0 Å². The molecule has 0 spiro atoms. The number of hydrogen-bond donors (Lipinski definition) is 1. The number of nitrogens with zero attached hydrogens (tertiary/aromatic N) is 1. The quantitative estimate of drug-likeness (QED) is 0.330. The number of terminal acetylenes is 1. The summed E-state index contributed by atoms with van der Waals surface area (Å²) in [4.78, 5) is 25.3. The van der Waals surface area contributed by atoms with Crippen molar-refractivity contribution in [3.8, 4) is 12.3 Å². The molecule has 2 heterocycles. The molecule has 172 valence electrons. The zero-order valence-corrected chi connectivity index (χ0v) is 18.4. The molecule has 12 heteroatoms. The number of alkyl halides is 3. The van der Waals surface area contributed by atoms with Gasteiger partial charge in [-0.25, -0.2) is 4.79 Å². The minimum atomic E-state index is -4.93. The average molecular weight is 481 g/mol. The van der Waals surface area contributed by atoms with Crippen LogP contribution in [0.4, 0.5) is 13.2 Å². The molecule has 0 aliphatic carbocycles. The molecule has 2 rings (SSSR count). The molecule has 0 radical (unpaired) electrons. The summed E-state index contributed by atoms with van der Waals surface area (Å²) in [5, 5.41) is 0. The summed E-state index contributed by atoms with van der Waals surface area (Å²) >= 11 is 6.56. The number of unbranched alkanes of at least 4 members (excludes halogenated alkanes) is 2. The molecule has 1 saturated heterocycles. The van der Waals surface area contributed by atoms with Gasteiger partial charge in [0.2, 0.25) is 4.38 Å². The minimum absolute atomic E-state index is 0.0183. The molecule has 0 unspecified atom stereocenters. The highest BCUT2D eigenvalue weighted by Crippen LogP contribution is 2.32. The van der Waals surface area contributed by atoms with Crippen LogP contribution < -0.4 is 11.2 Å². The van der Waals surface area contributed by atoms with Gasteiger partial charge in [0.25, 0.3) is 5.56 Å². The number of ether oxygens (including phenoxy) is 3. The number of nitrogens with one attached hydrogen (secondary N) is 1. The maximum absolute atomic E-state index is 13.1. The lowest BCUT2D eigenvalue weighted by molar-refractivity contribution is -0.139. The summed E-state index contributed by atoms with van der Waals surface area (Å²) < 4.78 is 57.0.